The van der Waals surface area contributed by atoms with Crippen LogP contribution in [0, 0.1) is 5.92 Å². The van der Waals surface area contributed by atoms with Crippen molar-refractivity contribution in [1.82, 2.24) is 4.90 Å². The van der Waals surface area contributed by atoms with Crippen molar-refractivity contribution in [3.05, 3.63) is 0 Å². The molecule has 2 fully saturated rings. The van der Waals surface area contributed by atoms with Crippen molar-refractivity contribution in [3.8, 4) is 0 Å². The highest BCUT2D eigenvalue weighted by atomic mass is 16.5. The number of rotatable bonds is 3. The minimum atomic E-state index is -0.601. The Morgan fingerprint density at radius 2 is 2.00 bits per heavy atom. The van der Waals surface area contributed by atoms with E-state index in [-0.39, 0.29) is 12.0 Å². The van der Waals surface area contributed by atoms with Crippen LogP contribution in [-0.2, 0) is 9.53 Å². The SMILES string of the molecule is COC(=O)C1CCCCN1CC1(O)CCC(C)CC1. The molecule has 4 heteroatoms. The molecule has 1 aliphatic heterocycles. The first-order valence-electron chi connectivity index (χ1n) is 7.58. The number of carbonyl (C=O) groups excluding carboxylic acids is 1. The molecule has 0 radical (unpaired) electrons. The molecule has 0 bridgehead atoms. The first kappa shape index (κ1) is 14.8. The molecule has 0 aromatic rings. The van der Waals surface area contributed by atoms with Crippen molar-refractivity contribution in [2.75, 3.05) is 20.2 Å². The molecule has 1 unspecified atom stereocenters. The monoisotopic (exact) mass is 269 g/mol. The predicted molar refractivity (Wildman–Crippen MR) is 73.8 cm³/mol. The predicted octanol–water partition coefficient (Wildman–Crippen LogP) is 1.96. The Kier molecular flexibility index (Phi) is 4.85. The maximum Gasteiger partial charge on any atom is 0.323 e. The number of methoxy groups -OCH3 is 1. The molecule has 0 aromatic heterocycles. The molecule has 19 heavy (non-hydrogen) atoms. The molecule has 1 saturated carbocycles. The van der Waals surface area contributed by atoms with E-state index >= 15 is 0 Å². The average Bonchev–Trinajstić information content (AvgIpc) is 2.42. The Morgan fingerprint density at radius 3 is 2.63 bits per heavy atom. The highest BCUT2D eigenvalue weighted by molar-refractivity contribution is 5.75. The standard InChI is InChI=1S/C15H27NO3/c1-12-6-8-15(18,9-7-12)11-16-10-4-3-5-13(16)14(17)19-2/h12-13,18H,3-11H2,1-2H3. The van der Waals surface area contributed by atoms with Gasteiger partial charge in [0.05, 0.1) is 12.7 Å². The lowest BCUT2D eigenvalue weighted by atomic mass is 9.79. The van der Waals surface area contributed by atoms with Gasteiger partial charge in [-0.1, -0.05) is 13.3 Å². The summed E-state index contributed by atoms with van der Waals surface area (Å²) >= 11 is 0. The molecule has 110 valence electrons. The Labute approximate surface area is 116 Å². The van der Waals surface area contributed by atoms with Crippen molar-refractivity contribution < 1.29 is 14.6 Å². The van der Waals surface area contributed by atoms with Gasteiger partial charge in [-0.3, -0.25) is 9.69 Å². The molecular formula is C15H27NO3. The van der Waals surface area contributed by atoms with E-state index in [4.69, 9.17) is 4.74 Å². The summed E-state index contributed by atoms with van der Waals surface area (Å²) in [6, 6.07) is -0.151. The van der Waals surface area contributed by atoms with E-state index in [0.29, 0.717) is 6.54 Å². The third-order valence-electron chi connectivity index (χ3n) is 4.79. The quantitative estimate of drug-likeness (QED) is 0.796. The molecule has 0 spiro atoms. The summed E-state index contributed by atoms with van der Waals surface area (Å²) in [7, 11) is 1.45. The van der Waals surface area contributed by atoms with Crippen LogP contribution in [0.25, 0.3) is 0 Å². The molecule has 1 aliphatic carbocycles. The molecule has 1 atom stereocenters. The summed E-state index contributed by atoms with van der Waals surface area (Å²) in [5, 5.41) is 10.7. The van der Waals surface area contributed by atoms with Crippen LogP contribution in [0.1, 0.15) is 51.9 Å². The van der Waals surface area contributed by atoms with E-state index in [0.717, 1.165) is 57.4 Å². The number of β-amino-alcohol motifs (C(OH)–C–C–N with tert-alkyl or cyclic N) is 1. The van der Waals surface area contributed by atoms with Gasteiger partial charge in [0.1, 0.15) is 6.04 Å². The van der Waals surface area contributed by atoms with E-state index in [2.05, 4.69) is 11.8 Å². The normalized spacial score (nSPS) is 37.0. The molecule has 1 heterocycles. The summed E-state index contributed by atoms with van der Waals surface area (Å²) in [5.74, 6) is 0.575. The zero-order valence-corrected chi connectivity index (χ0v) is 12.2. The van der Waals surface area contributed by atoms with Gasteiger partial charge in [-0.05, 0) is 51.0 Å². The van der Waals surface area contributed by atoms with E-state index in [1.54, 1.807) is 0 Å². The van der Waals surface area contributed by atoms with Crippen molar-refractivity contribution in [3.63, 3.8) is 0 Å². The van der Waals surface area contributed by atoms with Crippen LogP contribution >= 0.6 is 0 Å². The van der Waals surface area contributed by atoms with Crippen LogP contribution in [0.3, 0.4) is 0 Å². The Balaban J connectivity index is 1.97. The molecule has 2 aliphatic rings. The third-order valence-corrected chi connectivity index (χ3v) is 4.79. The van der Waals surface area contributed by atoms with Crippen molar-refractivity contribution >= 4 is 5.97 Å². The lowest BCUT2D eigenvalue weighted by molar-refractivity contribution is -0.150. The van der Waals surface area contributed by atoms with E-state index < -0.39 is 5.60 Å². The van der Waals surface area contributed by atoms with Crippen LogP contribution in [0.15, 0.2) is 0 Å². The first-order valence-corrected chi connectivity index (χ1v) is 7.58. The molecule has 0 aromatic carbocycles. The minimum absolute atomic E-state index is 0.146. The van der Waals surface area contributed by atoms with Crippen LogP contribution in [0.5, 0.6) is 0 Å². The lowest BCUT2D eigenvalue weighted by Gasteiger charge is -2.42. The van der Waals surface area contributed by atoms with Gasteiger partial charge in [0, 0.05) is 6.54 Å². The fourth-order valence-electron chi connectivity index (χ4n) is 3.42. The summed E-state index contributed by atoms with van der Waals surface area (Å²) in [6.45, 7) is 3.77. The van der Waals surface area contributed by atoms with Crippen LogP contribution < -0.4 is 0 Å². The Morgan fingerprint density at radius 1 is 1.32 bits per heavy atom. The lowest BCUT2D eigenvalue weighted by Crippen LogP contribution is -2.53. The summed E-state index contributed by atoms with van der Waals surface area (Å²) in [4.78, 5) is 14.0. The number of hydrogen-bond donors (Lipinski definition) is 1. The largest absolute Gasteiger partial charge is 0.468 e. The molecule has 1 saturated heterocycles. The first-order chi connectivity index (χ1) is 9.04. The zero-order valence-electron chi connectivity index (χ0n) is 12.2. The number of hydrogen-bond acceptors (Lipinski definition) is 4. The van der Waals surface area contributed by atoms with Crippen LogP contribution in [-0.4, -0.2) is 47.8 Å². The number of nitrogens with zero attached hydrogens (tertiary/aromatic N) is 1. The Hall–Kier alpha value is -0.610. The smallest absolute Gasteiger partial charge is 0.323 e. The Bertz CT molecular complexity index is 311. The van der Waals surface area contributed by atoms with Gasteiger partial charge >= 0.3 is 5.97 Å². The van der Waals surface area contributed by atoms with Crippen LogP contribution in [0.2, 0.25) is 0 Å². The molecule has 1 N–H and O–H groups in total. The summed E-state index contributed by atoms with van der Waals surface area (Å²) in [5.41, 5.74) is -0.601. The number of carbonyl (C=O) groups is 1. The van der Waals surface area contributed by atoms with Gasteiger partial charge in [-0.15, -0.1) is 0 Å². The van der Waals surface area contributed by atoms with Gasteiger partial charge in [0.25, 0.3) is 0 Å². The molecule has 0 amide bonds. The van der Waals surface area contributed by atoms with E-state index in [1.165, 1.54) is 7.11 Å². The number of likely N-dealkylation sites (tertiary alicyclic amines) is 1. The second-order valence-corrected chi connectivity index (χ2v) is 6.41. The second kappa shape index (κ2) is 6.23. The van der Waals surface area contributed by atoms with Gasteiger partial charge in [0.15, 0.2) is 0 Å². The fourth-order valence-corrected chi connectivity index (χ4v) is 3.42. The minimum Gasteiger partial charge on any atom is -0.468 e. The average molecular weight is 269 g/mol. The maximum atomic E-state index is 11.8. The topological polar surface area (TPSA) is 49.8 Å². The number of esters is 1. The van der Waals surface area contributed by atoms with Crippen molar-refractivity contribution in [1.29, 1.82) is 0 Å². The molecule has 4 nitrogen and oxygen atoms in total. The number of ether oxygens (including phenoxy) is 1. The van der Waals surface area contributed by atoms with Gasteiger partial charge < -0.3 is 9.84 Å². The number of aliphatic hydroxyl groups is 1. The van der Waals surface area contributed by atoms with E-state index in [9.17, 15) is 9.90 Å². The molecule has 2 rings (SSSR count). The van der Waals surface area contributed by atoms with Gasteiger partial charge in [0.2, 0.25) is 0 Å². The highest BCUT2D eigenvalue weighted by Crippen LogP contribution is 2.33. The van der Waals surface area contributed by atoms with Crippen molar-refractivity contribution in [2.45, 2.75) is 63.5 Å². The summed E-state index contributed by atoms with van der Waals surface area (Å²) < 4.78 is 4.90. The van der Waals surface area contributed by atoms with Gasteiger partial charge in [-0.25, -0.2) is 0 Å². The van der Waals surface area contributed by atoms with Crippen LogP contribution in [0.4, 0.5) is 0 Å². The number of piperidine rings is 1. The zero-order chi connectivity index (χ0) is 13.9. The maximum absolute atomic E-state index is 11.8. The summed E-state index contributed by atoms with van der Waals surface area (Å²) in [6.07, 6.45) is 6.95. The fraction of sp³-hybridized carbons (Fsp3) is 0.933. The third kappa shape index (κ3) is 3.69. The van der Waals surface area contributed by atoms with Crippen molar-refractivity contribution in [2.24, 2.45) is 5.92 Å². The molecular weight excluding hydrogens is 242 g/mol. The second-order valence-electron chi connectivity index (χ2n) is 6.41. The van der Waals surface area contributed by atoms with Gasteiger partial charge in [-0.2, -0.15) is 0 Å². The van der Waals surface area contributed by atoms with E-state index in [1.807, 2.05) is 0 Å². The highest BCUT2D eigenvalue weighted by Gasteiger charge is 2.38.